The summed E-state index contributed by atoms with van der Waals surface area (Å²) in [6.07, 6.45) is -3.63. The maximum atomic E-state index is 12.6. The van der Waals surface area contributed by atoms with E-state index in [1.165, 1.54) is 6.07 Å². The fourth-order valence-corrected chi connectivity index (χ4v) is 2.06. The van der Waals surface area contributed by atoms with Gasteiger partial charge in [0.25, 0.3) is 0 Å². The molecule has 19 heavy (non-hydrogen) atoms. The van der Waals surface area contributed by atoms with Gasteiger partial charge >= 0.3 is 6.18 Å². The van der Waals surface area contributed by atoms with Crippen LogP contribution in [0.5, 0.6) is 0 Å². The predicted octanol–water partition coefficient (Wildman–Crippen LogP) is 2.80. The first-order valence-electron chi connectivity index (χ1n) is 5.96. The molecule has 1 aromatic rings. The zero-order chi connectivity index (χ0) is 13.9. The Kier molecular flexibility index (Phi) is 3.96. The van der Waals surface area contributed by atoms with Gasteiger partial charge in [0.05, 0.1) is 23.4 Å². The van der Waals surface area contributed by atoms with Gasteiger partial charge < -0.3 is 9.64 Å². The van der Waals surface area contributed by atoms with Crippen molar-refractivity contribution in [1.29, 1.82) is 5.26 Å². The van der Waals surface area contributed by atoms with Gasteiger partial charge in [-0.25, -0.2) is 0 Å². The molecule has 1 aromatic carbocycles. The topological polar surface area (TPSA) is 36.3 Å². The molecule has 0 aliphatic carbocycles. The molecule has 2 rings (SSSR count). The molecule has 0 atom stereocenters. The second-order valence-electron chi connectivity index (χ2n) is 4.29. The molecule has 0 bridgehead atoms. The van der Waals surface area contributed by atoms with Gasteiger partial charge in [-0.3, -0.25) is 0 Å². The first-order valence-corrected chi connectivity index (χ1v) is 5.96. The van der Waals surface area contributed by atoms with Crippen molar-refractivity contribution in [2.24, 2.45) is 0 Å². The Bertz CT molecular complexity index is 486. The van der Waals surface area contributed by atoms with Gasteiger partial charge in [0.15, 0.2) is 0 Å². The average Bonchev–Trinajstić information content (AvgIpc) is 2.65. The Morgan fingerprint density at radius 1 is 1.21 bits per heavy atom. The fourth-order valence-electron chi connectivity index (χ4n) is 2.06. The minimum atomic E-state index is -4.42. The van der Waals surface area contributed by atoms with Gasteiger partial charge in [-0.15, -0.1) is 0 Å². The number of ether oxygens (including phenoxy) is 1. The van der Waals surface area contributed by atoms with Crippen LogP contribution in [0.3, 0.4) is 0 Å². The number of hydrogen-bond donors (Lipinski definition) is 0. The van der Waals surface area contributed by atoms with Crippen molar-refractivity contribution in [3.63, 3.8) is 0 Å². The number of rotatable bonds is 1. The third-order valence-corrected chi connectivity index (χ3v) is 3.01. The summed E-state index contributed by atoms with van der Waals surface area (Å²) in [4.78, 5) is 1.89. The molecule has 102 valence electrons. The number of halogens is 3. The Morgan fingerprint density at radius 2 is 2.00 bits per heavy atom. The van der Waals surface area contributed by atoms with Gasteiger partial charge in [-0.05, 0) is 24.6 Å². The third kappa shape index (κ3) is 3.18. The van der Waals surface area contributed by atoms with E-state index in [-0.39, 0.29) is 5.56 Å². The standard InChI is InChI=1S/C13H13F3N2O/c14-13(15,16)11-2-3-12(10(8-11)9-17)18-4-1-6-19-7-5-18/h2-3,8H,1,4-7H2. The Morgan fingerprint density at radius 3 is 2.68 bits per heavy atom. The molecule has 0 unspecified atom stereocenters. The van der Waals surface area contributed by atoms with E-state index in [2.05, 4.69) is 0 Å². The van der Waals surface area contributed by atoms with Crippen molar-refractivity contribution in [2.75, 3.05) is 31.2 Å². The van der Waals surface area contributed by atoms with Crippen LogP contribution in [-0.4, -0.2) is 26.3 Å². The molecule has 1 fully saturated rings. The molecule has 0 aromatic heterocycles. The van der Waals surface area contributed by atoms with Gasteiger partial charge in [-0.1, -0.05) is 0 Å². The summed E-state index contributed by atoms with van der Waals surface area (Å²) in [6.45, 7) is 2.42. The zero-order valence-electron chi connectivity index (χ0n) is 10.2. The van der Waals surface area contributed by atoms with Gasteiger partial charge in [-0.2, -0.15) is 18.4 Å². The van der Waals surface area contributed by atoms with Crippen LogP contribution in [0.25, 0.3) is 0 Å². The zero-order valence-corrected chi connectivity index (χ0v) is 10.2. The van der Waals surface area contributed by atoms with Crippen molar-refractivity contribution in [2.45, 2.75) is 12.6 Å². The molecular formula is C13H13F3N2O. The summed E-state index contributed by atoms with van der Waals surface area (Å²) in [5.41, 5.74) is -0.198. The van der Waals surface area contributed by atoms with Crippen molar-refractivity contribution >= 4 is 5.69 Å². The fraction of sp³-hybridized carbons (Fsp3) is 0.462. The lowest BCUT2D eigenvalue weighted by molar-refractivity contribution is -0.137. The van der Waals surface area contributed by atoms with E-state index in [4.69, 9.17) is 10.00 Å². The summed E-state index contributed by atoms with van der Waals surface area (Å²) in [6, 6.07) is 5.13. The van der Waals surface area contributed by atoms with E-state index in [1.807, 2.05) is 11.0 Å². The number of benzene rings is 1. The first-order chi connectivity index (χ1) is 9.02. The lowest BCUT2D eigenvalue weighted by atomic mass is 10.1. The average molecular weight is 270 g/mol. The van der Waals surface area contributed by atoms with Crippen molar-refractivity contribution in [3.8, 4) is 6.07 Å². The van der Waals surface area contributed by atoms with Crippen LogP contribution in [0.2, 0.25) is 0 Å². The first kappa shape index (κ1) is 13.7. The van der Waals surface area contributed by atoms with Gasteiger partial charge in [0.2, 0.25) is 0 Å². The minimum absolute atomic E-state index is 0.0525. The number of nitriles is 1. The summed E-state index contributed by atoms with van der Waals surface area (Å²) in [7, 11) is 0. The Labute approximate surface area is 109 Å². The molecule has 6 heteroatoms. The van der Waals surface area contributed by atoms with Crippen LogP contribution in [0.15, 0.2) is 18.2 Å². The van der Waals surface area contributed by atoms with Crippen LogP contribution in [0.4, 0.5) is 18.9 Å². The minimum Gasteiger partial charge on any atom is -0.380 e. The molecule has 0 N–H and O–H groups in total. The van der Waals surface area contributed by atoms with Crippen LogP contribution in [0, 0.1) is 11.3 Å². The van der Waals surface area contributed by atoms with Gasteiger partial charge in [0.1, 0.15) is 6.07 Å². The summed E-state index contributed by atoms with van der Waals surface area (Å²) in [5, 5.41) is 9.03. The van der Waals surface area contributed by atoms with E-state index < -0.39 is 11.7 Å². The van der Waals surface area contributed by atoms with Crippen LogP contribution in [-0.2, 0) is 10.9 Å². The van der Waals surface area contributed by atoms with E-state index in [0.29, 0.717) is 32.0 Å². The largest absolute Gasteiger partial charge is 0.416 e. The SMILES string of the molecule is N#Cc1cc(C(F)(F)F)ccc1N1CCCOCC1. The van der Waals surface area contributed by atoms with Crippen molar-refractivity contribution in [1.82, 2.24) is 0 Å². The molecule has 1 saturated heterocycles. The molecule has 1 aliphatic heterocycles. The summed E-state index contributed by atoms with van der Waals surface area (Å²) in [5.74, 6) is 0. The quantitative estimate of drug-likeness (QED) is 0.787. The molecule has 0 radical (unpaired) electrons. The third-order valence-electron chi connectivity index (χ3n) is 3.01. The maximum Gasteiger partial charge on any atom is 0.416 e. The van der Waals surface area contributed by atoms with E-state index in [0.717, 1.165) is 18.6 Å². The molecule has 3 nitrogen and oxygen atoms in total. The predicted molar refractivity (Wildman–Crippen MR) is 63.8 cm³/mol. The second-order valence-corrected chi connectivity index (χ2v) is 4.29. The van der Waals surface area contributed by atoms with Crippen molar-refractivity contribution in [3.05, 3.63) is 29.3 Å². The molecule has 0 saturated carbocycles. The van der Waals surface area contributed by atoms with E-state index in [1.54, 1.807) is 0 Å². The normalized spacial score (nSPS) is 16.8. The number of anilines is 1. The van der Waals surface area contributed by atoms with E-state index in [9.17, 15) is 13.2 Å². The monoisotopic (exact) mass is 270 g/mol. The number of hydrogen-bond acceptors (Lipinski definition) is 3. The number of alkyl halides is 3. The molecule has 1 aliphatic rings. The molecule has 1 heterocycles. The van der Waals surface area contributed by atoms with Gasteiger partial charge in [0, 0.05) is 19.7 Å². The summed E-state index contributed by atoms with van der Waals surface area (Å²) < 4.78 is 43.1. The van der Waals surface area contributed by atoms with E-state index >= 15 is 0 Å². The highest BCUT2D eigenvalue weighted by Crippen LogP contribution is 2.32. The molecular weight excluding hydrogens is 257 g/mol. The molecule has 0 amide bonds. The highest BCUT2D eigenvalue weighted by Gasteiger charge is 2.31. The maximum absolute atomic E-state index is 12.6. The lowest BCUT2D eigenvalue weighted by Gasteiger charge is -2.23. The number of nitrogens with zero attached hydrogens (tertiary/aromatic N) is 2. The van der Waals surface area contributed by atoms with Crippen LogP contribution >= 0.6 is 0 Å². The molecule has 0 spiro atoms. The highest BCUT2D eigenvalue weighted by atomic mass is 19.4. The Hall–Kier alpha value is -1.74. The second kappa shape index (κ2) is 5.49. The highest BCUT2D eigenvalue weighted by molar-refractivity contribution is 5.60. The van der Waals surface area contributed by atoms with Crippen molar-refractivity contribution < 1.29 is 17.9 Å². The lowest BCUT2D eigenvalue weighted by Crippen LogP contribution is -2.26. The van der Waals surface area contributed by atoms with Crippen LogP contribution < -0.4 is 4.90 Å². The smallest absolute Gasteiger partial charge is 0.380 e. The Balaban J connectivity index is 2.33. The summed E-state index contributed by atoms with van der Waals surface area (Å²) >= 11 is 0. The van der Waals surface area contributed by atoms with Crippen LogP contribution in [0.1, 0.15) is 17.5 Å².